The summed E-state index contributed by atoms with van der Waals surface area (Å²) in [5.41, 5.74) is 0.675. The molecular formula is C15H22N2O5S. The molecule has 0 aliphatic carbocycles. The van der Waals surface area contributed by atoms with E-state index in [1.54, 1.807) is 13.0 Å². The van der Waals surface area contributed by atoms with Crippen molar-refractivity contribution in [1.82, 2.24) is 4.72 Å². The van der Waals surface area contributed by atoms with E-state index in [0.717, 1.165) is 0 Å². The van der Waals surface area contributed by atoms with Crippen molar-refractivity contribution in [1.29, 1.82) is 0 Å². The number of fused-ring (bicyclic) bond motifs is 1. The number of nitrogens with zero attached hydrogens (tertiary/aromatic N) is 1. The van der Waals surface area contributed by atoms with Crippen molar-refractivity contribution in [2.75, 3.05) is 25.1 Å². The maximum absolute atomic E-state index is 12.5. The van der Waals surface area contributed by atoms with E-state index >= 15 is 0 Å². The Morgan fingerprint density at radius 3 is 2.78 bits per heavy atom. The standard InChI is InChI=1S/C15H22N2O5S/c1-4-10(2)14(15(18)19)16-23(20,21)11-5-6-13-12(9-11)17(3)7-8-22-13/h5-6,9-10,14,16H,4,7-8H2,1-3H3,(H,18,19). The van der Waals surface area contributed by atoms with Crippen LogP contribution in [-0.4, -0.2) is 45.7 Å². The third-order valence-electron chi connectivity index (χ3n) is 4.10. The summed E-state index contributed by atoms with van der Waals surface area (Å²) in [6.07, 6.45) is 0.556. The Labute approximate surface area is 136 Å². The fourth-order valence-electron chi connectivity index (χ4n) is 2.38. The molecule has 2 rings (SSSR count). The first kappa shape index (κ1) is 17.6. The van der Waals surface area contributed by atoms with Crippen molar-refractivity contribution in [3.63, 3.8) is 0 Å². The fraction of sp³-hybridized carbons (Fsp3) is 0.533. The number of carbonyl (C=O) groups is 1. The minimum atomic E-state index is -3.93. The summed E-state index contributed by atoms with van der Waals surface area (Å²) in [7, 11) is -2.08. The van der Waals surface area contributed by atoms with Gasteiger partial charge in [-0.3, -0.25) is 4.79 Å². The molecule has 8 heteroatoms. The Kier molecular flexibility index (Phi) is 5.16. The van der Waals surface area contributed by atoms with E-state index in [2.05, 4.69) is 4.72 Å². The van der Waals surface area contributed by atoms with Crippen LogP contribution in [0.3, 0.4) is 0 Å². The number of hydrogen-bond donors (Lipinski definition) is 2. The van der Waals surface area contributed by atoms with Crippen LogP contribution < -0.4 is 14.4 Å². The molecule has 2 unspecified atom stereocenters. The van der Waals surface area contributed by atoms with Crippen LogP contribution in [0.2, 0.25) is 0 Å². The Balaban J connectivity index is 2.32. The van der Waals surface area contributed by atoms with Gasteiger partial charge in [-0.2, -0.15) is 4.72 Å². The Morgan fingerprint density at radius 1 is 1.48 bits per heavy atom. The third kappa shape index (κ3) is 3.76. The first-order valence-electron chi connectivity index (χ1n) is 7.49. The highest BCUT2D eigenvalue weighted by atomic mass is 32.2. The summed E-state index contributed by atoms with van der Waals surface area (Å²) in [6.45, 7) is 4.73. The monoisotopic (exact) mass is 342 g/mol. The van der Waals surface area contributed by atoms with E-state index in [-0.39, 0.29) is 10.8 Å². The van der Waals surface area contributed by atoms with Crippen LogP contribution in [-0.2, 0) is 14.8 Å². The van der Waals surface area contributed by atoms with Gasteiger partial charge in [0.25, 0.3) is 0 Å². The molecule has 0 radical (unpaired) electrons. The van der Waals surface area contributed by atoms with Crippen LogP contribution in [0.1, 0.15) is 20.3 Å². The van der Waals surface area contributed by atoms with Gasteiger partial charge in [-0.25, -0.2) is 8.42 Å². The first-order chi connectivity index (χ1) is 10.8. The van der Waals surface area contributed by atoms with Crippen LogP contribution in [0.4, 0.5) is 5.69 Å². The lowest BCUT2D eigenvalue weighted by Crippen LogP contribution is -2.44. The molecule has 0 saturated heterocycles. The number of carboxylic acids is 1. The number of anilines is 1. The smallest absolute Gasteiger partial charge is 0.322 e. The van der Waals surface area contributed by atoms with Crippen molar-refractivity contribution in [3.8, 4) is 5.75 Å². The number of sulfonamides is 1. The summed E-state index contributed by atoms with van der Waals surface area (Å²) in [4.78, 5) is 13.3. The topological polar surface area (TPSA) is 95.9 Å². The van der Waals surface area contributed by atoms with Gasteiger partial charge in [0.15, 0.2) is 0 Å². The average Bonchev–Trinajstić information content (AvgIpc) is 2.51. The Morgan fingerprint density at radius 2 is 2.17 bits per heavy atom. The number of nitrogens with one attached hydrogen (secondary N) is 1. The molecule has 1 heterocycles. The zero-order chi connectivity index (χ0) is 17.2. The third-order valence-corrected chi connectivity index (χ3v) is 5.54. The maximum Gasteiger partial charge on any atom is 0.322 e. The van der Waals surface area contributed by atoms with Gasteiger partial charge < -0.3 is 14.7 Å². The molecule has 0 spiro atoms. The predicted octanol–water partition coefficient (Wildman–Crippen LogP) is 1.29. The maximum atomic E-state index is 12.5. The van der Waals surface area contributed by atoms with Gasteiger partial charge in [-0.15, -0.1) is 0 Å². The second-order valence-electron chi connectivity index (χ2n) is 5.72. The number of likely N-dealkylation sites (N-methyl/N-ethyl adjacent to an activating group) is 1. The molecule has 2 atom stereocenters. The molecule has 128 valence electrons. The SMILES string of the molecule is CCC(C)C(NS(=O)(=O)c1ccc2c(c1)N(C)CCO2)C(=O)O. The quantitative estimate of drug-likeness (QED) is 0.809. The van der Waals surface area contributed by atoms with Gasteiger partial charge in [0, 0.05) is 7.05 Å². The first-order valence-corrected chi connectivity index (χ1v) is 8.97. The minimum absolute atomic E-state index is 0.0307. The van der Waals surface area contributed by atoms with Gasteiger partial charge in [0.1, 0.15) is 18.4 Å². The molecular weight excluding hydrogens is 320 g/mol. The molecule has 0 amide bonds. The van der Waals surface area contributed by atoms with E-state index in [9.17, 15) is 18.3 Å². The van der Waals surface area contributed by atoms with Crippen molar-refractivity contribution in [2.45, 2.75) is 31.2 Å². The van der Waals surface area contributed by atoms with Crippen molar-refractivity contribution >= 4 is 21.7 Å². The second kappa shape index (κ2) is 6.76. The highest BCUT2D eigenvalue weighted by molar-refractivity contribution is 7.89. The van der Waals surface area contributed by atoms with Crippen molar-refractivity contribution < 1.29 is 23.1 Å². The van der Waals surface area contributed by atoms with Crippen LogP contribution in [0, 0.1) is 5.92 Å². The van der Waals surface area contributed by atoms with Crippen LogP contribution >= 0.6 is 0 Å². The van der Waals surface area contributed by atoms with Gasteiger partial charge in [-0.05, 0) is 24.1 Å². The van der Waals surface area contributed by atoms with Gasteiger partial charge in [0.2, 0.25) is 10.0 Å². The van der Waals surface area contributed by atoms with E-state index < -0.39 is 22.0 Å². The minimum Gasteiger partial charge on any atom is -0.490 e. The summed E-state index contributed by atoms with van der Waals surface area (Å²) >= 11 is 0. The zero-order valence-electron chi connectivity index (χ0n) is 13.4. The molecule has 0 fully saturated rings. The Hall–Kier alpha value is -1.80. The second-order valence-corrected chi connectivity index (χ2v) is 7.44. The van der Waals surface area contributed by atoms with Crippen LogP contribution in [0.15, 0.2) is 23.1 Å². The largest absolute Gasteiger partial charge is 0.490 e. The summed E-state index contributed by atoms with van der Waals surface area (Å²) in [6, 6.07) is 3.37. The van der Waals surface area contributed by atoms with Crippen molar-refractivity contribution in [2.24, 2.45) is 5.92 Å². The Bertz CT molecular complexity index is 689. The number of benzene rings is 1. The van der Waals surface area contributed by atoms with Gasteiger partial charge >= 0.3 is 5.97 Å². The molecule has 0 aromatic heterocycles. The molecule has 1 aliphatic heterocycles. The van der Waals surface area contributed by atoms with E-state index in [1.165, 1.54) is 12.1 Å². The number of rotatable bonds is 6. The van der Waals surface area contributed by atoms with E-state index in [0.29, 0.717) is 31.0 Å². The highest BCUT2D eigenvalue weighted by Crippen LogP contribution is 2.32. The zero-order valence-corrected chi connectivity index (χ0v) is 14.3. The van der Waals surface area contributed by atoms with Crippen LogP contribution in [0.5, 0.6) is 5.75 Å². The predicted molar refractivity (Wildman–Crippen MR) is 86.4 cm³/mol. The van der Waals surface area contributed by atoms with E-state index in [1.807, 2.05) is 18.9 Å². The van der Waals surface area contributed by atoms with E-state index in [4.69, 9.17) is 4.74 Å². The highest BCUT2D eigenvalue weighted by Gasteiger charge is 2.30. The summed E-state index contributed by atoms with van der Waals surface area (Å²) < 4.78 is 32.8. The van der Waals surface area contributed by atoms with Crippen LogP contribution in [0.25, 0.3) is 0 Å². The van der Waals surface area contributed by atoms with Crippen molar-refractivity contribution in [3.05, 3.63) is 18.2 Å². The molecule has 0 bridgehead atoms. The number of carboxylic acid groups (broad SMARTS) is 1. The average molecular weight is 342 g/mol. The summed E-state index contributed by atoms with van der Waals surface area (Å²) in [5.74, 6) is -0.873. The number of hydrogen-bond acceptors (Lipinski definition) is 5. The lowest BCUT2D eigenvalue weighted by Gasteiger charge is -2.28. The molecule has 2 N–H and O–H groups in total. The molecule has 1 aliphatic rings. The summed E-state index contributed by atoms with van der Waals surface area (Å²) in [5, 5.41) is 9.26. The number of aliphatic carboxylic acids is 1. The molecule has 23 heavy (non-hydrogen) atoms. The van der Waals surface area contributed by atoms with Gasteiger partial charge in [-0.1, -0.05) is 20.3 Å². The molecule has 1 aromatic rings. The molecule has 1 aromatic carbocycles. The lowest BCUT2D eigenvalue weighted by molar-refractivity contribution is -0.140. The lowest BCUT2D eigenvalue weighted by atomic mass is 10.0. The molecule has 0 saturated carbocycles. The normalized spacial score (nSPS) is 17.1. The van der Waals surface area contributed by atoms with Gasteiger partial charge in [0.05, 0.1) is 17.1 Å². The fourth-order valence-corrected chi connectivity index (χ4v) is 3.70. The molecule has 7 nitrogen and oxygen atoms in total. The number of ether oxygens (including phenoxy) is 1.